The topological polar surface area (TPSA) is 9.23 Å². The zero-order chi connectivity index (χ0) is 8.55. The van der Waals surface area contributed by atoms with Crippen LogP contribution < -0.4 is 4.74 Å². The van der Waals surface area contributed by atoms with Crippen LogP contribution in [0.15, 0.2) is 18.2 Å². The molecule has 1 nitrogen and oxygen atoms in total. The summed E-state index contributed by atoms with van der Waals surface area (Å²) >= 11 is 0. The summed E-state index contributed by atoms with van der Waals surface area (Å²) < 4.78 is 5.66. The van der Waals surface area contributed by atoms with Crippen molar-refractivity contribution in [3.05, 3.63) is 35.7 Å². The zero-order valence-electron chi connectivity index (χ0n) is 7.50. The Balaban J connectivity index is 2.37. The minimum absolute atomic E-state index is 0.334. The van der Waals surface area contributed by atoms with Crippen LogP contribution in [-0.2, 0) is 0 Å². The molecule has 0 spiro atoms. The average molecular weight is 161 g/mol. The van der Waals surface area contributed by atoms with E-state index in [-0.39, 0.29) is 0 Å². The van der Waals surface area contributed by atoms with Gasteiger partial charge >= 0.3 is 0 Å². The Morgan fingerprint density at radius 1 is 1.42 bits per heavy atom. The lowest BCUT2D eigenvalue weighted by atomic mass is 10.0. The lowest BCUT2D eigenvalue weighted by molar-refractivity contribution is 0.208. The normalized spacial score (nSPS) is 21.3. The largest absolute Gasteiger partial charge is 0.490 e. The highest BCUT2D eigenvalue weighted by atomic mass is 16.5. The van der Waals surface area contributed by atoms with Gasteiger partial charge in [0.2, 0.25) is 0 Å². The van der Waals surface area contributed by atoms with Crippen molar-refractivity contribution in [2.75, 3.05) is 0 Å². The number of aryl methyl sites for hydroxylation is 1. The lowest BCUT2D eigenvalue weighted by Crippen LogP contribution is -2.17. The molecule has 63 valence electrons. The summed E-state index contributed by atoms with van der Waals surface area (Å²) in [7, 11) is 0. The summed E-state index contributed by atoms with van der Waals surface area (Å²) in [5.74, 6) is 1.03. The van der Waals surface area contributed by atoms with E-state index >= 15 is 0 Å². The zero-order valence-corrected chi connectivity index (χ0v) is 7.50. The van der Waals surface area contributed by atoms with Crippen LogP contribution in [0.3, 0.4) is 0 Å². The molecule has 0 N–H and O–H groups in total. The van der Waals surface area contributed by atoms with Crippen molar-refractivity contribution in [1.29, 1.82) is 0 Å². The van der Waals surface area contributed by atoms with E-state index in [0.29, 0.717) is 6.10 Å². The molecule has 12 heavy (non-hydrogen) atoms. The van der Waals surface area contributed by atoms with Gasteiger partial charge in [-0.05, 0) is 38.3 Å². The molecule has 0 saturated carbocycles. The Labute approximate surface area is 73.4 Å². The van der Waals surface area contributed by atoms with Gasteiger partial charge < -0.3 is 4.74 Å². The number of hydrogen-bond acceptors (Lipinski definition) is 1. The van der Waals surface area contributed by atoms with Crippen LogP contribution in [0.5, 0.6) is 5.75 Å². The van der Waals surface area contributed by atoms with Crippen LogP contribution in [0.2, 0.25) is 0 Å². The second kappa shape index (κ2) is 2.81. The minimum Gasteiger partial charge on any atom is -0.490 e. The molecule has 0 bridgehead atoms. The highest BCUT2D eigenvalue weighted by Gasteiger charge is 2.15. The molecule has 2 rings (SSSR count). The van der Waals surface area contributed by atoms with E-state index in [1.807, 2.05) is 0 Å². The van der Waals surface area contributed by atoms with Crippen LogP contribution in [0.25, 0.3) is 0 Å². The molecule has 1 aliphatic heterocycles. The smallest absolute Gasteiger partial charge is 0.123 e. The number of hydrogen-bond donors (Lipinski definition) is 0. The van der Waals surface area contributed by atoms with Crippen molar-refractivity contribution in [3.8, 4) is 5.75 Å². The van der Waals surface area contributed by atoms with E-state index in [1.54, 1.807) is 0 Å². The van der Waals surface area contributed by atoms with E-state index < -0.39 is 0 Å². The fourth-order valence-electron chi connectivity index (χ4n) is 1.49. The molecule has 0 aliphatic carbocycles. The maximum Gasteiger partial charge on any atom is 0.123 e. The molecule has 0 aromatic heterocycles. The fraction of sp³-hybridized carbons (Fsp3) is 0.364. The van der Waals surface area contributed by atoms with Gasteiger partial charge in [-0.3, -0.25) is 0 Å². The van der Waals surface area contributed by atoms with Crippen molar-refractivity contribution in [1.82, 2.24) is 0 Å². The summed E-state index contributed by atoms with van der Waals surface area (Å²) in [6, 6.07) is 6.31. The molecule has 1 aromatic rings. The first-order valence-electron chi connectivity index (χ1n) is 4.36. The highest BCUT2D eigenvalue weighted by Crippen LogP contribution is 2.29. The van der Waals surface area contributed by atoms with E-state index in [1.165, 1.54) is 11.1 Å². The molecule has 1 unspecified atom stereocenters. The molecule has 0 saturated heterocycles. The van der Waals surface area contributed by atoms with Crippen LogP contribution in [0, 0.1) is 13.3 Å². The van der Waals surface area contributed by atoms with Crippen molar-refractivity contribution in [2.45, 2.75) is 26.4 Å². The van der Waals surface area contributed by atoms with Crippen LogP contribution >= 0.6 is 0 Å². The first-order valence-corrected chi connectivity index (χ1v) is 4.36. The van der Waals surface area contributed by atoms with E-state index in [2.05, 4.69) is 38.5 Å². The van der Waals surface area contributed by atoms with Gasteiger partial charge in [-0.1, -0.05) is 17.7 Å². The fourth-order valence-corrected chi connectivity index (χ4v) is 1.49. The van der Waals surface area contributed by atoms with Crippen LogP contribution in [0.1, 0.15) is 24.5 Å². The third-order valence-electron chi connectivity index (χ3n) is 2.16. The number of rotatable bonds is 0. The molecule has 1 aliphatic rings. The Hall–Kier alpha value is -0.980. The third-order valence-corrected chi connectivity index (χ3v) is 2.16. The second-order valence-corrected chi connectivity index (χ2v) is 3.41. The van der Waals surface area contributed by atoms with Crippen molar-refractivity contribution in [3.63, 3.8) is 0 Å². The Morgan fingerprint density at radius 2 is 2.25 bits per heavy atom. The summed E-state index contributed by atoms with van der Waals surface area (Å²) in [4.78, 5) is 0. The van der Waals surface area contributed by atoms with Gasteiger partial charge in [-0.15, -0.1) is 0 Å². The predicted molar refractivity (Wildman–Crippen MR) is 49.3 cm³/mol. The third kappa shape index (κ3) is 1.31. The minimum atomic E-state index is 0.334. The van der Waals surface area contributed by atoms with Gasteiger partial charge in [0.05, 0.1) is 6.10 Å². The highest BCUT2D eigenvalue weighted by molar-refractivity contribution is 5.43. The van der Waals surface area contributed by atoms with Gasteiger partial charge in [0, 0.05) is 0 Å². The molecule has 1 radical (unpaired) electrons. The quantitative estimate of drug-likeness (QED) is 0.568. The molecular weight excluding hydrogens is 148 g/mol. The molecule has 1 heteroatoms. The summed E-state index contributed by atoms with van der Waals surface area (Å²) in [6.07, 6.45) is 3.60. The first-order chi connectivity index (χ1) is 5.75. The Morgan fingerprint density at radius 3 is 3.08 bits per heavy atom. The number of fused-ring (bicyclic) bond motifs is 1. The van der Waals surface area contributed by atoms with Gasteiger partial charge in [-0.2, -0.15) is 0 Å². The average Bonchev–Trinajstić information content (AvgIpc) is 2.05. The SMILES string of the molecule is Cc1ccc2c(c1)[CH]CC(C)O2. The lowest BCUT2D eigenvalue weighted by Gasteiger charge is -2.23. The molecule has 1 atom stereocenters. The molecular formula is C11H13O. The molecule has 0 fully saturated rings. The monoisotopic (exact) mass is 161 g/mol. The summed E-state index contributed by atoms with van der Waals surface area (Å²) in [5.41, 5.74) is 2.54. The molecule has 1 heterocycles. The van der Waals surface area contributed by atoms with E-state index in [0.717, 1.165) is 12.2 Å². The van der Waals surface area contributed by atoms with Crippen molar-refractivity contribution in [2.24, 2.45) is 0 Å². The Bertz CT molecular complexity index is 291. The van der Waals surface area contributed by atoms with Gasteiger partial charge in [-0.25, -0.2) is 0 Å². The molecule has 0 amide bonds. The number of ether oxygens (including phenoxy) is 1. The molecule has 1 aromatic carbocycles. The summed E-state index contributed by atoms with van der Waals surface area (Å²) in [5, 5.41) is 0. The van der Waals surface area contributed by atoms with Gasteiger partial charge in [0.25, 0.3) is 0 Å². The van der Waals surface area contributed by atoms with Crippen LogP contribution in [-0.4, -0.2) is 6.10 Å². The maximum atomic E-state index is 5.66. The van der Waals surface area contributed by atoms with Crippen molar-refractivity contribution < 1.29 is 4.74 Å². The van der Waals surface area contributed by atoms with Crippen molar-refractivity contribution >= 4 is 0 Å². The van der Waals surface area contributed by atoms with E-state index in [9.17, 15) is 0 Å². The number of benzene rings is 1. The van der Waals surface area contributed by atoms with Gasteiger partial charge in [0.15, 0.2) is 0 Å². The summed E-state index contributed by atoms with van der Waals surface area (Å²) in [6.45, 7) is 4.20. The first kappa shape index (κ1) is 7.66. The van der Waals surface area contributed by atoms with Gasteiger partial charge in [0.1, 0.15) is 5.75 Å². The maximum absolute atomic E-state index is 5.66. The second-order valence-electron chi connectivity index (χ2n) is 3.41. The van der Waals surface area contributed by atoms with E-state index in [4.69, 9.17) is 4.74 Å². The predicted octanol–water partition coefficient (Wildman–Crippen LogP) is 2.72. The van der Waals surface area contributed by atoms with Crippen LogP contribution in [0.4, 0.5) is 0 Å². The Kier molecular flexibility index (Phi) is 1.80. The standard InChI is InChI=1S/C11H13O/c1-8-3-6-11-10(7-8)5-4-9(2)12-11/h3,5-7,9H,4H2,1-2H3.